The van der Waals surface area contributed by atoms with Gasteiger partial charge in [0.2, 0.25) is 0 Å². The van der Waals surface area contributed by atoms with Crippen LogP contribution in [0.1, 0.15) is 172 Å². The number of hydrogen-bond donors (Lipinski definition) is 0. The van der Waals surface area contributed by atoms with Gasteiger partial charge in [0.1, 0.15) is 17.2 Å². The van der Waals surface area contributed by atoms with Crippen molar-refractivity contribution in [2.24, 2.45) is 0 Å². The van der Waals surface area contributed by atoms with Crippen LogP contribution in [0.5, 0.6) is 17.2 Å². The van der Waals surface area contributed by atoms with E-state index in [0.717, 1.165) is 55.2 Å². The molecule has 0 aromatic heterocycles. The van der Waals surface area contributed by atoms with Crippen molar-refractivity contribution in [3.05, 3.63) is 89.5 Å². The van der Waals surface area contributed by atoms with Gasteiger partial charge in [-0.1, -0.05) is 191 Å². The van der Waals surface area contributed by atoms with E-state index in [4.69, 9.17) is 13.6 Å². The van der Waals surface area contributed by atoms with Gasteiger partial charge >= 0.3 is 7.82 Å². The van der Waals surface area contributed by atoms with Crippen molar-refractivity contribution >= 4 is 37.4 Å². The Morgan fingerprint density at radius 1 is 0.373 bits per heavy atom. The first-order valence-electron chi connectivity index (χ1n) is 20.5. The van der Waals surface area contributed by atoms with Crippen molar-refractivity contribution in [1.29, 1.82) is 0 Å². The Kier molecular flexibility index (Phi) is 25.6. The number of para-hydroxylation sites is 3. The van der Waals surface area contributed by atoms with Crippen molar-refractivity contribution in [2.75, 3.05) is 0 Å². The Balaban J connectivity index is 0.00000901. The number of phosphoric acid groups is 1. The summed E-state index contributed by atoms with van der Waals surface area (Å²) in [5.41, 5.74) is 3.13. The van der Waals surface area contributed by atoms with Crippen molar-refractivity contribution in [3.63, 3.8) is 0 Å². The molecule has 51 heavy (non-hydrogen) atoms. The second-order valence-electron chi connectivity index (χ2n) is 14.2. The van der Waals surface area contributed by atoms with E-state index in [9.17, 15) is 4.57 Å². The van der Waals surface area contributed by atoms with E-state index in [0.29, 0.717) is 17.2 Å². The molecule has 0 unspecified atom stereocenters. The van der Waals surface area contributed by atoms with E-state index in [1.165, 1.54) is 116 Å². The van der Waals surface area contributed by atoms with Gasteiger partial charge in [0.15, 0.2) is 0 Å². The summed E-state index contributed by atoms with van der Waals surface area (Å²) in [7, 11) is -4.14. The first kappa shape index (κ1) is 45.4. The predicted molar refractivity (Wildman–Crippen MR) is 220 cm³/mol. The number of hydrogen-bond acceptors (Lipinski definition) is 4. The van der Waals surface area contributed by atoms with Gasteiger partial charge in [-0.15, -0.1) is 0 Å². The third-order valence-corrected chi connectivity index (χ3v) is 11.0. The Morgan fingerprint density at radius 2 is 0.608 bits per heavy atom. The minimum atomic E-state index is -4.14. The molecule has 0 saturated carbocycles. The first-order chi connectivity index (χ1) is 24.6. The molecule has 0 amide bonds. The van der Waals surface area contributed by atoms with Gasteiger partial charge in [-0.25, -0.2) is 0 Å². The van der Waals surface area contributed by atoms with Crippen LogP contribution in [0.4, 0.5) is 0 Å². The van der Waals surface area contributed by atoms with Crippen molar-refractivity contribution in [3.8, 4) is 17.2 Å². The summed E-state index contributed by atoms with van der Waals surface area (Å²) in [6.07, 6.45) is 28.7. The van der Waals surface area contributed by atoms with Crippen molar-refractivity contribution < 1.29 is 18.1 Å². The first-order valence-corrected chi connectivity index (χ1v) is 22.0. The number of rotatable bonds is 30. The summed E-state index contributed by atoms with van der Waals surface area (Å²) < 4.78 is 34.2. The van der Waals surface area contributed by atoms with Crippen molar-refractivity contribution in [1.82, 2.24) is 0 Å². The molecule has 4 nitrogen and oxygen atoms in total. The molecule has 0 aliphatic rings. The van der Waals surface area contributed by atoms with E-state index in [1.807, 2.05) is 54.6 Å². The smallest absolute Gasteiger partial charge is 0.386 e. The van der Waals surface area contributed by atoms with Gasteiger partial charge in [-0.3, -0.25) is 0 Å². The molecule has 1 radical (unpaired) electrons. The van der Waals surface area contributed by atoms with Crippen LogP contribution in [0.15, 0.2) is 72.8 Å². The maximum Gasteiger partial charge on any atom is 0.647 e. The molecule has 0 N–H and O–H groups in total. The Labute approximate surface area is 335 Å². The van der Waals surface area contributed by atoms with Crippen LogP contribution in [0.25, 0.3) is 0 Å². The molecule has 0 aliphatic heterocycles. The molecule has 3 aromatic carbocycles. The molecule has 0 heterocycles. The quantitative estimate of drug-likeness (QED) is 0.0390. The summed E-state index contributed by atoms with van der Waals surface area (Å²) in [6.45, 7) is 6.77. The summed E-state index contributed by atoms with van der Waals surface area (Å²) in [5, 5.41) is 0. The van der Waals surface area contributed by atoms with Gasteiger partial charge < -0.3 is 13.6 Å². The Hall–Kier alpha value is -1.71. The third-order valence-electron chi connectivity index (χ3n) is 9.70. The molecule has 3 aromatic rings. The second-order valence-corrected chi connectivity index (χ2v) is 15.6. The fourth-order valence-electron chi connectivity index (χ4n) is 6.63. The average Bonchev–Trinajstić information content (AvgIpc) is 3.12. The van der Waals surface area contributed by atoms with Gasteiger partial charge in [-0.05, 0) is 73.4 Å². The zero-order valence-corrected chi connectivity index (χ0v) is 35.9. The molecular formula is C45H69NaO4P. The van der Waals surface area contributed by atoms with E-state index in [2.05, 4.69) is 39.0 Å². The Morgan fingerprint density at radius 3 is 0.882 bits per heavy atom. The maximum atomic E-state index is 14.9. The van der Waals surface area contributed by atoms with Crippen LogP contribution in [-0.2, 0) is 23.8 Å². The van der Waals surface area contributed by atoms with Crippen LogP contribution in [-0.4, -0.2) is 29.6 Å². The maximum absolute atomic E-state index is 14.9. The minimum absolute atomic E-state index is 0. The summed E-state index contributed by atoms with van der Waals surface area (Å²) in [6, 6.07) is 23.9. The zero-order chi connectivity index (χ0) is 35.5. The largest absolute Gasteiger partial charge is 0.647 e. The molecular weight excluding hydrogens is 658 g/mol. The molecule has 0 atom stereocenters. The molecule has 0 aliphatic carbocycles. The van der Waals surface area contributed by atoms with Gasteiger partial charge in [0.05, 0.1) is 0 Å². The zero-order valence-electron chi connectivity index (χ0n) is 33.0. The molecule has 6 heteroatoms. The van der Waals surface area contributed by atoms with E-state index in [1.54, 1.807) is 0 Å². The number of unbranched alkanes of at least 4 members (excludes halogenated alkanes) is 18. The normalized spacial score (nSPS) is 11.3. The second kappa shape index (κ2) is 28.7. The van der Waals surface area contributed by atoms with Crippen LogP contribution >= 0.6 is 7.82 Å². The SMILES string of the molecule is CCCCCCCCCc1ccccc1OP(=O)(Oc1ccccc1CCCCCCCCC)Oc1ccccc1CCCCCCCCC.[Na]. The summed E-state index contributed by atoms with van der Waals surface area (Å²) in [4.78, 5) is 0. The van der Waals surface area contributed by atoms with E-state index >= 15 is 0 Å². The molecule has 3 rings (SSSR count). The Bertz CT molecular complexity index is 1180. The standard InChI is InChI=1S/C45H69O4P.Na/c1-4-7-10-13-16-19-22-31-40-34-25-28-37-43(40)47-50(46,48-44-38-29-26-35-41(44)32-23-20-17-14-11-8-5-2)49-45-39-30-27-36-42(45)33-24-21-18-15-12-9-6-3;/h25-30,34-39H,4-24,31-33H2,1-3H3;. The minimum Gasteiger partial charge on any atom is -0.386 e. The number of aryl methyl sites for hydroxylation is 3. The molecule has 0 fully saturated rings. The van der Waals surface area contributed by atoms with E-state index in [-0.39, 0.29) is 29.6 Å². The van der Waals surface area contributed by atoms with Crippen LogP contribution in [0.2, 0.25) is 0 Å². The van der Waals surface area contributed by atoms with Crippen LogP contribution in [0.3, 0.4) is 0 Å². The fraction of sp³-hybridized carbons (Fsp3) is 0.600. The van der Waals surface area contributed by atoms with Gasteiger partial charge in [0.25, 0.3) is 0 Å². The third kappa shape index (κ3) is 19.3. The number of benzene rings is 3. The summed E-state index contributed by atoms with van der Waals surface area (Å²) >= 11 is 0. The predicted octanol–water partition coefficient (Wildman–Crippen LogP) is 14.8. The van der Waals surface area contributed by atoms with Gasteiger partial charge in [0, 0.05) is 29.6 Å². The van der Waals surface area contributed by atoms with Crippen LogP contribution in [0, 0.1) is 0 Å². The molecule has 0 bridgehead atoms. The summed E-state index contributed by atoms with van der Waals surface area (Å²) in [5.74, 6) is 1.74. The average molecular weight is 728 g/mol. The monoisotopic (exact) mass is 727 g/mol. The fourth-order valence-corrected chi connectivity index (χ4v) is 8.00. The number of phosphoric ester groups is 1. The van der Waals surface area contributed by atoms with E-state index < -0.39 is 7.82 Å². The topological polar surface area (TPSA) is 44.8 Å². The van der Waals surface area contributed by atoms with Crippen molar-refractivity contribution in [2.45, 2.75) is 175 Å². The molecule has 279 valence electrons. The molecule has 0 spiro atoms. The molecule has 0 saturated heterocycles. The van der Waals surface area contributed by atoms with Crippen LogP contribution < -0.4 is 13.6 Å². The van der Waals surface area contributed by atoms with Gasteiger partial charge in [-0.2, -0.15) is 4.57 Å².